The molecule has 3 aliphatic rings. The van der Waals surface area contributed by atoms with E-state index in [0.717, 1.165) is 71.2 Å². The minimum Gasteiger partial charge on any atom is -0.473 e. The number of amides is 1. The van der Waals surface area contributed by atoms with Gasteiger partial charge in [0.15, 0.2) is 0 Å². The first-order valence-electron chi connectivity index (χ1n) is 10.9. The average molecular weight is 426 g/mol. The molecule has 2 aliphatic heterocycles. The molecule has 0 radical (unpaired) electrons. The molecule has 1 amide bonds. The van der Waals surface area contributed by atoms with Crippen molar-refractivity contribution in [3.8, 4) is 0 Å². The third-order valence-corrected chi connectivity index (χ3v) is 5.87. The number of aliphatic carboxylic acids is 2. The minimum atomic E-state index is -1.82. The summed E-state index contributed by atoms with van der Waals surface area (Å²) in [5, 5.41) is 17.9. The lowest BCUT2D eigenvalue weighted by atomic mass is 9.91. The van der Waals surface area contributed by atoms with E-state index >= 15 is 0 Å². The molecule has 0 aromatic carbocycles. The molecule has 1 atom stereocenters. The van der Waals surface area contributed by atoms with Crippen LogP contribution in [0.1, 0.15) is 32.1 Å². The largest absolute Gasteiger partial charge is 0.473 e. The SMILES string of the molecule is O=C(NCCN1CCOCC1)C1CCN(CC2CC=CCC2)CC1.O=C(O)C(=O)O. The maximum atomic E-state index is 12.4. The second-order valence-corrected chi connectivity index (χ2v) is 8.08. The number of piperidine rings is 1. The smallest absolute Gasteiger partial charge is 0.414 e. The number of ether oxygens (including phenoxy) is 1. The van der Waals surface area contributed by atoms with E-state index in [4.69, 9.17) is 24.5 Å². The van der Waals surface area contributed by atoms with Crippen LogP contribution in [0.25, 0.3) is 0 Å². The van der Waals surface area contributed by atoms with Crippen molar-refractivity contribution >= 4 is 17.8 Å². The fourth-order valence-electron chi connectivity index (χ4n) is 4.07. The number of carbonyl (C=O) groups excluding carboxylic acids is 1. The molecule has 0 spiro atoms. The van der Waals surface area contributed by atoms with Crippen LogP contribution in [0.2, 0.25) is 0 Å². The lowest BCUT2D eigenvalue weighted by Crippen LogP contribution is -2.45. The van der Waals surface area contributed by atoms with E-state index in [-0.39, 0.29) is 11.8 Å². The highest BCUT2D eigenvalue weighted by molar-refractivity contribution is 6.27. The number of nitrogens with zero attached hydrogens (tertiary/aromatic N) is 2. The van der Waals surface area contributed by atoms with Crippen LogP contribution in [0.15, 0.2) is 12.2 Å². The van der Waals surface area contributed by atoms with Gasteiger partial charge in [0.2, 0.25) is 5.91 Å². The van der Waals surface area contributed by atoms with E-state index < -0.39 is 11.9 Å². The van der Waals surface area contributed by atoms with Gasteiger partial charge in [0.1, 0.15) is 0 Å². The number of carbonyl (C=O) groups is 3. The molecule has 170 valence electrons. The summed E-state index contributed by atoms with van der Waals surface area (Å²) < 4.78 is 5.35. The van der Waals surface area contributed by atoms with Crippen molar-refractivity contribution in [3.05, 3.63) is 12.2 Å². The highest BCUT2D eigenvalue weighted by atomic mass is 16.5. The zero-order valence-electron chi connectivity index (χ0n) is 17.6. The van der Waals surface area contributed by atoms with Gasteiger partial charge in [0.05, 0.1) is 13.2 Å². The molecule has 2 saturated heterocycles. The monoisotopic (exact) mass is 425 g/mol. The van der Waals surface area contributed by atoms with Crippen LogP contribution < -0.4 is 5.32 Å². The summed E-state index contributed by atoms with van der Waals surface area (Å²) >= 11 is 0. The molecular formula is C21H35N3O6. The summed E-state index contributed by atoms with van der Waals surface area (Å²) in [5.41, 5.74) is 0. The van der Waals surface area contributed by atoms with E-state index in [0.29, 0.717) is 0 Å². The summed E-state index contributed by atoms with van der Waals surface area (Å²) in [6.07, 6.45) is 10.5. The Morgan fingerprint density at radius 1 is 0.933 bits per heavy atom. The molecule has 1 aliphatic carbocycles. The summed E-state index contributed by atoms with van der Waals surface area (Å²) in [6.45, 7) is 8.73. The first kappa shape index (κ1) is 24.3. The number of allylic oxidation sites excluding steroid dienone is 2. The quantitative estimate of drug-likeness (QED) is 0.419. The topological polar surface area (TPSA) is 119 Å². The van der Waals surface area contributed by atoms with Crippen LogP contribution in [0.3, 0.4) is 0 Å². The van der Waals surface area contributed by atoms with Crippen LogP contribution in [0.5, 0.6) is 0 Å². The Morgan fingerprint density at radius 2 is 1.60 bits per heavy atom. The maximum Gasteiger partial charge on any atom is 0.414 e. The molecule has 3 N–H and O–H groups in total. The Bertz CT molecular complexity index is 571. The van der Waals surface area contributed by atoms with Crippen molar-refractivity contribution in [2.24, 2.45) is 11.8 Å². The van der Waals surface area contributed by atoms with E-state index in [2.05, 4.69) is 27.3 Å². The number of rotatable bonds is 6. The second-order valence-electron chi connectivity index (χ2n) is 8.08. The number of carboxylic acid groups (broad SMARTS) is 2. The molecule has 0 saturated carbocycles. The second kappa shape index (κ2) is 13.4. The Labute approximate surface area is 178 Å². The number of hydrogen-bond acceptors (Lipinski definition) is 6. The zero-order chi connectivity index (χ0) is 21.8. The average Bonchev–Trinajstić information content (AvgIpc) is 2.76. The molecule has 2 heterocycles. The van der Waals surface area contributed by atoms with E-state index in [9.17, 15) is 4.79 Å². The molecule has 9 nitrogen and oxygen atoms in total. The van der Waals surface area contributed by atoms with Gasteiger partial charge < -0.3 is 25.2 Å². The van der Waals surface area contributed by atoms with Crippen LogP contribution in [-0.4, -0.2) is 96.9 Å². The summed E-state index contributed by atoms with van der Waals surface area (Å²) in [5.74, 6) is -2.33. The predicted octanol–water partition coefficient (Wildman–Crippen LogP) is 0.659. The molecule has 30 heavy (non-hydrogen) atoms. The molecule has 9 heteroatoms. The van der Waals surface area contributed by atoms with Gasteiger partial charge in [-0.15, -0.1) is 0 Å². The normalized spacial score (nSPS) is 23.3. The van der Waals surface area contributed by atoms with E-state index in [1.165, 1.54) is 25.8 Å². The highest BCUT2D eigenvalue weighted by Gasteiger charge is 2.26. The van der Waals surface area contributed by atoms with Gasteiger partial charge >= 0.3 is 11.9 Å². The number of likely N-dealkylation sites (tertiary alicyclic amines) is 1. The Balaban J connectivity index is 0.000000469. The van der Waals surface area contributed by atoms with Gasteiger partial charge in [-0.3, -0.25) is 9.69 Å². The van der Waals surface area contributed by atoms with Crippen molar-refractivity contribution < 1.29 is 29.3 Å². The molecule has 0 bridgehead atoms. The van der Waals surface area contributed by atoms with Crippen molar-refractivity contribution in [3.63, 3.8) is 0 Å². The molecule has 2 fully saturated rings. The standard InChI is InChI=1S/C19H33N3O2.C2H2O4/c23-19(20-8-11-21-12-14-24-15-13-21)18-6-9-22(10-7-18)16-17-4-2-1-3-5-17;3-1(4)2(5)6/h1-2,17-18H,3-16H2,(H,20,23);(H,3,4)(H,5,6). The molecule has 0 aromatic heterocycles. The summed E-state index contributed by atoms with van der Waals surface area (Å²) in [6, 6.07) is 0. The Morgan fingerprint density at radius 3 is 2.17 bits per heavy atom. The van der Waals surface area contributed by atoms with Gasteiger partial charge in [-0.1, -0.05) is 12.2 Å². The first-order valence-corrected chi connectivity index (χ1v) is 10.9. The molecule has 3 rings (SSSR count). The third-order valence-electron chi connectivity index (χ3n) is 5.87. The number of morpholine rings is 1. The van der Waals surface area contributed by atoms with Crippen LogP contribution in [0.4, 0.5) is 0 Å². The van der Waals surface area contributed by atoms with Crippen LogP contribution in [0, 0.1) is 11.8 Å². The summed E-state index contributed by atoms with van der Waals surface area (Å²) in [4.78, 5) is 35.5. The first-order chi connectivity index (χ1) is 14.5. The minimum absolute atomic E-state index is 0.220. The zero-order valence-corrected chi connectivity index (χ0v) is 17.6. The lowest BCUT2D eigenvalue weighted by Gasteiger charge is -2.34. The maximum absolute atomic E-state index is 12.4. The molecule has 1 unspecified atom stereocenters. The number of carboxylic acids is 2. The van der Waals surface area contributed by atoms with Crippen molar-refractivity contribution in [2.45, 2.75) is 32.1 Å². The van der Waals surface area contributed by atoms with Gasteiger partial charge in [-0.25, -0.2) is 9.59 Å². The van der Waals surface area contributed by atoms with E-state index in [1.807, 2.05) is 0 Å². The fourth-order valence-corrected chi connectivity index (χ4v) is 4.07. The van der Waals surface area contributed by atoms with Gasteiger partial charge in [-0.05, 0) is 51.1 Å². The number of hydrogen-bond donors (Lipinski definition) is 3. The van der Waals surface area contributed by atoms with Gasteiger partial charge in [0.25, 0.3) is 0 Å². The third kappa shape index (κ3) is 9.23. The lowest BCUT2D eigenvalue weighted by molar-refractivity contribution is -0.159. The van der Waals surface area contributed by atoms with Crippen molar-refractivity contribution in [1.82, 2.24) is 15.1 Å². The van der Waals surface area contributed by atoms with Crippen molar-refractivity contribution in [1.29, 1.82) is 0 Å². The highest BCUT2D eigenvalue weighted by Crippen LogP contribution is 2.23. The molecular weight excluding hydrogens is 390 g/mol. The Hall–Kier alpha value is -1.97. The van der Waals surface area contributed by atoms with Gasteiger partial charge in [0, 0.05) is 38.6 Å². The van der Waals surface area contributed by atoms with Crippen molar-refractivity contribution in [2.75, 3.05) is 59.0 Å². The van der Waals surface area contributed by atoms with Crippen LogP contribution in [-0.2, 0) is 19.1 Å². The Kier molecular flexibility index (Phi) is 10.8. The van der Waals surface area contributed by atoms with E-state index in [1.54, 1.807) is 0 Å². The number of nitrogens with one attached hydrogen (secondary N) is 1. The fraction of sp³-hybridized carbons (Fsp3) is 0.762. The predicted molar refractivity (Wildman–Crippen MR) is 111 cm³/mol. The van der Waals surface area contributed by atoms with Crippen LogP contribution >= 0.6 is 0 Å². The summed E-state index contributed by atoms with van der Waals surface area (Å²) in [7, 11) is 0. The molecule has 0 aromatic rings. The van der Waals surface area contributed by atoms with Gasteiger partial charge in [-0.2, -0.15) is 0 Å².